The third-order valence-electron chi connectivity index (χ3n) is 2.15. The minimum absolute atomic E-state index is 0.495. The van der Waals surface area contributed by atoms with Gasteiger partial charge in [-0.1, -0.05) is 12.1 Å². The van der Waals surface area contributed by atoms with Gasteiger partial charge in [-0.25, -0.2) is 0 Å². The molecule has 1 N–H and O–H groups in total. The summed E-state index contributed by atoms with van der Waals surface area (Å²) in [6.07, 6.45) is 0. The second kappa shape index (κ2) is 4.70. The molecule has 0 saturated heterocycles. The van der Waals surface area contributed by atoms with Gasteiger partial charge in [0.1, 0.15) is 5.75 Å². The highest BCUT2D eigenvalue weighted by Crippen LogP contribution is 2.22. The molecule has 0 bridgehead atoms. The van der Waals surface area contributed by atoms with Gasteiger partial charge in [0.15, 0.2) is 0 Å². The SMILES string of the molecule is CC(C(=O)O)c1cccc(O[Si](C)(C)C)c1. The molecule has 0 aliphatic heterocycles. The van der Waals surface area contributed by atoms with E-state index in [1.54, 1.807) is 6.92 Å². The van der Waals surface area contributed by atoms with Crippen LogP contribution in [-0.2, 0) is 4.79 Å². The first-order valence-corrected chi connectivity index (χ1v) is 8.72. The van der Waals surface area contributed by atoms with Crippen molar-refractivity contribution in [2.75, 3.05) is 0 Å². The second-order valence-corrected chi connectivity index (χ2v) is 9.28. The maximum atomic E-state index is 10.9. The Kier molecular flexibility index (Phi) is 3.75. The zero-order chi connectivity index (χ0) is 12.3. The van der Waals surface area contributed by atoms with E-state index in [4.69, 9.17) is 9.53 Å². The number of aliphatic carboxylic acids is 1. The minimum atomic E-state index is -1.63. The van der Waals surface area contributed by atoms with Gasteiger partial charge in [0.05, 0.1) is 5.92 Å². The molecule has 4 heteroatoms. The Hall–Kier alpha value is -1.29. The lowest BCUT2D eigenvalue weighted by Crippen LogP contribution is -2.29. The van der Waals surface area contributed by atoms with E-state index in [2.05, 4.69) is 19.6 Å². The van der Waals surface area contributed by atoms with Gasteiger partial charge >= 0.3 is 5.97 Å². The maximum absolute atomic E-state index is 10.9. The third-order valence-corrected chi connectivity index (χ3v) is 3.00. The molecule has 1 aromatic rings. The van der Waals surface area contributed by atoms with Crippen molar-refractivity contribution in [2.45, 2.75) is 32.5 Å². The molecule has 1 unspecified atom stereocenters. The summed E-state index contributed by atoms with van der Waals surface area (Å²) < 4.78 is 5.82. The van der Waals surface area contributed by atoms with Gasteiger partial charge in [0, 0.05) is 0 Å². The Morgan fingerprint density at radius 2 is 2.00 bits per heavy atom. The predicted octanol–water partition coefficient (Wildman–Crippen LogP) is 3.09. The number of hydrogen-bond acceptors (Lipinski definition) is 2. The molecule has 1 atom stereocenters. The van der Waals surface area contributed by atoms with E-state index in [1.165, 1.54) is 0 Å². The maximum Gasteiger partial charge on any atom is 0.310 e. The quantitative estimate of drug-likeness (QED) is 0.820. The van der Waals surface area contributed by atoms with Crippen LogP contribution in [0, 0.1) is 0 Å². The first kappa shape index (κ1) is 12.8. The number of carboxylic acid groups (broad SMARTS) is 1. The van der Waals surface area contributed by atoms with E-state index in [0.29, 0.717) is 0 Å². The fourth-order valence-corrected chi connectivity index (χ4v) is 2.18. The Morgan fingerprint density at radius 1 is 1.38 bits per heavy atom. The Morgan fingerprint density at radius 3 is 2.50 bits per heavy atom. The smallest absolute Gasteiger partial charge is 0.310 e. The Labute approximate surface area is 97.2 Å². The summed E-state index contributed by atoms with van der Waals surface area (Å²) in [6, 6.07) is 7.34. The van der Waals surface area contributed by atoms with Gasteiger partial charge < -0.3 is 9.53 Å². The van der Waals surface area contributed by atoms with Crippen molar-refractivity contribution in [3.63, 3.8) is 0 Å². The van der Waals surface area contributed by atoms with Crippen molar-refractivity contribution in [1.29, 1.82) is 0 Å². The van der Waals surface area contributed by atoms with Crippen molar-refractivity contribution >= 4 is 14.3 Å². The summed E-state index contributed by atoms with van der Waals surface area (Å²) in [5, 5.41) is 8.93. The standard InChI is InChI=1S/C12H18O3Si/c1-9(12(13)14)10-6-5-7-11(8-10)15-16(2,3)4/h5-9H,1-4H3,(H,13,14). The van der Waals surface area contributed by atoms with Gasteiger partial charge in [0.25, 0.3) is 0 Å². The van der Waals surface area contributed by atoms with Gasteiger partial charge in [-0.15, -0.1) is 0 Å². The summed E-state index contributed by atoms with van der Waals surface area (Å²) in [4.78, 5) is 10.9. The van der Waals surface area contributed by atoms with Crippen molar-refractivity contribution in [2.24, 2.45) is 0 Å². The van der Waals surface area contributed by atoms with E-state index in [-0.39, 0.29) is 0 Å². The van der Waals surface area contributed by atoms with Crippen LogP contribution in [0.15, 0.2) is 24.3 Å². The lowest BCUT2D eigenvalue weighted by Gasteiger charge is -2.20. The Balaban J connectivity index is 2.91. The van der Waals surface area contributed by atoms with Crippen LogP contribution in [-0.4, -0.2) is 19.4 Å². The van der Waals surface area contributed by atoms with Crippen molar-refractivity contribution in [3.05, 3.63) is 29.8 Å². The van der Waals surface area contributed by atoms with Gasteiger partial charge in [-0.2, -0.15) is 0 Å². The molecule has 0 spiro atoms. The van der Waals surface area contributed by atoms with Crippen LogP contribution in [0.2, 0.25) is 19.6 Å². The molecule has 3 nitrogen and oxygen atoms in total. The van der Waals surface area contributed by atoms with Gasteiger partial charge in [0.2, 0.25) is 8.32 Å². The van der Waals surface area contributed by atoms with E-state index < -0.39 is 20.2 Å². The number of carboxylic acids is 1. The molecule has 0 fully saturated rings. The van der Waals surface area contributed by atoms with E-state index >= 15 is 0 Å². The normalized spacial score (nSPS) is 13.2. The van der Waals surface area contributed by atoms with Crippen LogP contribution < -0.4 is 4.43 Å². The molecule has 0 heterocycles. The highest BCUT2D eigenvalue weighted by atomic mass is 28.4. The first-order valence-electron chi connectivity index (χ1n) is 5.31. The fraction of sp³-hybridized carbons (Fsp3) is 0.417. The van der Waals surface area contributed by atoms with E-state index in [0.717, 1.165) is 11.3 Å². The highest BCUT2D eigenvalue weighted by molar-refractivity contribution is 6.70. The van der Waals surface area contributed by atoms with Crippen molar-refractivity contribution in [3.8, 4) is 5.75 Å². The molecule has 88 valence electrons. The molecule has 0 saturated carbocycles. The largest absolute Gasteiger partial charge is 0.544 e. The van der Waals surface area contributed by atoms with Crippen LogP contribution in [0.1, 0.15) is 18.4 Å². The van der Waals surface area contributed by atoms with Crippen LogP contribution in [0.4, 0.5) is 0 Å². The topological polar surface area (TPSA) is 46.5 Å². The summed E-state index contributed by atoms with van der Waals surface area (Å²) in [6.45, 7) is 7.97. The monoisotopic (exact) mass is 238 g/mol. The van der Waals surface area contributed by atoms with Crippen LogP contribution in [0.3, 0.4) is 0 Å². The molecule has 0 aliphatic carbocycles. The summed E-state index contributed by atoms with van der Waals surface area (Å²) in [5.41, 5.74) is 0.781. The van der Waals surface area contributed by atoms with Crippen LogP contribution in [0.25, 0.3) is 0 Å². The lowest BCUT2D eigenvalue weighted by atomic mass is 10.0. The van der Waals surface area contributed by atoms with Gasteiger partial charge in [-0.3, -0.25) is 4.79 Å². The fourth-order valence-electron chi connectivity index (χ4n) is 1.34. The molecular weight excluding hydrogens is 220 g/mol. The predicted molar refractivity (Wildman–Crippen MR) is 66.5 cm³/mol. The molecule has 1 rings (SSSR count). The molecular formula is C12H18O3Si. The van der Waals surface area contributed by atoms with Crippen molar-refractivity contribution < 1.29 is 14.3 Å². The highest BCUT2D eigenvalue weighted by Gasteiger charge is 2.18. The molecule has 0 aromatic heterocycles. The number of rotatable bonds is 4. The molecule has 0 aliphatic rings. The Bertz CT molecular complexity index is 382. The molecule has 0 amide bonds. The van der Waals surface area contributed by atoms with Gasteiger partial charge in [-0.05, 0) is 44.3 Å². The zero-order valence-electron chi connectivity index (χ0n) is 10.2. The number of hydrogen-bond donors (Lipinski definition) is 1. The average Bonchev–Trinajstić information content (AvgIpc) is 2.14. The number of carbonyl (C=O) groups is 1. The third kappa shape index (κ3) is 3.70. The molecule has 1 aromatic carbocycles. The van der Waals surface area contributed by atoms with Crippen LogP contribution in [0.5, 0.6) is 5.75 Å². The zero-order valence-corrected chi connectivity index (χ0v) is 11.2. The number of benzene rings is 1. The molecule has 16 heavy (non-hydrogen) atoms. The van der Waals surface area contributed by atoms with E-state index in [1.807, 2.05) is 24.3 Å². The van der Waals surface area contributed by atoms with Crippen molar-refractivity contribution in [1.82, 2.24) is 0 Å². The lowest BCUT2D eigenvalue weighted by molar-refractivity contribution is -0.138. The average molecular weight is 238 g/mol. The minimum Gasteiger partial charge on any atom is -0.544 e. The summed E-state index contributed by atoms with van der Waals surface area (Å²) in [5.74, 6) is -0.542. The first-order chi connectivity index (χ1) is 7.29. The summed E-state index contributed by atoms with van der Waals surface area (Å²) in [7, 11) is -1.63. The second-order valence-electron chi connectivity index (χ2n) is 4.85. The van der Waals surface area contributed by atoms with E-state index in [9.17, 15) is 4.79 Å². The van der Waals surface area contributed by atoms with Crippen LogP contribution >= 0.6 is 0 Å². The summed E-state index contributed by atoms with van der Waals surface area (Å²) >= 11 is 0. The molecule has 0 radical (unpaired) electrons.